The van der Waals surface area contributed by atoms with E-state index in [2.05, 4.69) is 25.9 Å². The molecular weight excluding hydrogens is 592 g/mol. The predicted octanol–water partition coefficient (Wildman–Crippen LogP) is 0.625. The fourth-order valence-corrected chi connectivity index (χ4v) is 4.94. The molecule has 0 radical (unpaired) electrons. The van der Waals surface area contributed by atoms with Crippen molar-refractivity contribution in [1.82, 2.24) is 20.9 Å². The number of aromatic hydroxyl groups is 1. The first-order valence-electron chi connectivity index (χ1n) is 15.2. The van der Waals surface area contributed by atoms with Crippen LogP contribution in [-0.4, -0.2) is 75.6 Å². The van der Waals surface area contributed by atoms with Crippen molar-refractivity contribution >= 4 is 40.6 Å². The number of carboxylic acid groups (broad SMARTS) is 1. The van der Waals surface area contributed by atoms with E-state index in [0.717, 1.165) is 10.9 Å². The Kier molecular flexibility index (Phi) is 12.9. The number of amides is 3. The van der Waals surface area contributed by atoms with Gasteiger partial charge in [0.05, 0.1) is 6.04 Å². The summed E-state index contributed by atoms with van der Waals surface area (Å²) in [4.78, 5) is 59.5. The topological polar surface area (TPSA) is 251 Å². The quantitative estimate of drug-likeness (QED) is 0.0571. The van der Waals surface area contributed by atoms with Crippen molar-refractivity contribution in [3.8, 4) is 5.75 Å². The van der Waals surface area contributed by atoms with Crippen LogP contribution in [0.2, 0.25) is 0 Å². The van der Waals surface area contributed by atoms with E-state index in [1.165, 1.54) is 12.1 Å². The van der Waals surface area contributed by atoms with E-state index in [1.807, 2.05) is 31.2 Å². The van der Waals surface area contributed by atoms with Crippen LogP contribution < -0.4 is 33.2 Å². The molecule has 0 aliphatic carbocycles. The van der Waals surface area contributed by atoms with Crippen molar-refractivity contribution in [3.05, 3.63) is 65.9 Å². The number of aliphatic imine (C=N–C) groups is 1. The summed E-state index contributed by atoms with van der Waals surface area (Å²) in [6.07, 6.45) is 2.94. The van der Waals surface area contributed by atoms with Gasteiger partial charge in [-0.3, -0.25) is 19.4 Å². The summed E-state index contributed by atoms with van der Waals surface area (Å²) in [6.45, 7) is 3.94. The molecule has 5 atom stereocenters. The zero-order chi connectivity index (χ0) is 33.8. The number of aromatic nitrogens is 1. The number of carboxylic acids is 1. The lowest BCUT2D eigenvalue weighted by molar-refractivity contribution is -0.142. The molecule has 5 unspecified atom stereocenters. The molecule has 0 fully saturated rings. The summed E-state index contributed by atoms with van der Waals surface area (Å²) < 4.78 is 0. The molecule has 3 aromatic rings. The van der Waals surface area contributed by atoms with E-state index in [-0.39, 0.29) is 36.9 Å². The summed E-state index contributed by atoms with van der Waals surface area (Å²) in [5.41, 5.74) is 18.9. The van der Waals surface area contributed by atoms with Crippen LogP contribution in [0.1, 0.15) is 44.2 Å². The number of benzene rings is 2. The van der Waals surface area contributed by atoms with E-state index in [9.17, 15) is 29.4 Å². The number of para-hydroxylation sites is 1. The summed E-state index contributed by atoms with van der Waals surface area (Å²) in [5, 5.41) is 28.6. The van der Waals surface area contributed by atoms with Gasteiger partial charge >= 0.3 is 5.97 Å². The Morgan fingerprint density at radius 2 is 1.59 bits per heavy atom. The molecule has 0 bridgehead atoms. The highest BCUT2D eigenvalue weighted by atomic mass is 16.4. The summed E-state index contributed by atoms with van der Waals surface area (Å²) >= 11 is 0. The van der Waals surface area contributed by atoms with Crippen LogP contribution in [0.25, 0.3) is 10.9 Å². The maximum absolute atomic E-state index is 13.7. The number of carbonyl (C=O) groups excluding carboxylic acids is 3. The Labute approximate surface area is 267 Å². The van der Waals surface area contributed by atoms with Crippen LogP contribution in [-0.2, 0) is 32.0 Å². The van der Waals surface area contributed by atoms with Crippen molar-refractivity contribution in [2.75, 3.05) is 6.54 Å². The maximum Gasteiger partial charge on any atom is 0.326 e. The standard InChI is InChI=1S/C32H44N8O6/c1-3-18(2)27(40-28(42)23(33)8-6-14-36-32(34)35)30(44)38-25(15-19-10-12-21(41)13-11-19)29(43)39-26(31(45)46)16-20-17-37-24-9-5-4-7-22(20)24/h4-5,7,9-13,17-18,23,25-27,37,41H,3,6,8,14-16,33H2,1-2H3,(H,38,44)(H,39,43)(H,40,42)(H,45,46)(H4,34,35,36). The van der Waals surface area contributed by atoms with Gasteiger partial charge in [0.25, 0.3) is 0 Å². The van der Waals surface area contributed by atoms with Crippen molar-refractivity contribution in [3.63, 3.8) is 0 Å². The van der Waals surface area contributed by atoms with Crippen LogP contribution in [0.4, 0.5) is 0 Å². The third-order valence-corrected chi connectivity index (χ3v) is 7.82. The first-order valence-corrected chi connectivity index (χ1v) is 15.2. The Balaban J connectivity index is 1.79. The van der Waals surface area contributed by atoms with Gasteiger partial charge in [-0.15, -0.1) is 0 Å². The second kappa shape index (κ2) is 16.8. The van der Waals surface area contributed by atoms with Crippen molar-refractivity contribution in [2.45, 2.75) is 70.1 Å². The Morgan fingerprint density at radius 1 is 0.913 bits per heavy atom. The number of aromatic amines is 1. The number of rotatable bonds is 17. The van der Waals surface area contributed by atoms with Gasteiger partial charge in [0.1, 0.15) is 23.9 Å². The largest absolute Gasteiger partial charge is 0.508 e. The normalized spacial score (nSPS) is 14.3. The molecule has 2 aromatic carbocycles. The summed E-state index contributed by atoms with van der Waals surface area (Å²) in [7, 11) is 0. The van der Waals surface area contributed by atoms with Crippen molar-refractivity contribution in [2.24, 2.45) is 28.1 Å². The number of fused-ring (bicyclic) bond motifs is 1. The van der Waals surface area contributed by atoms with Gasteiger partial charge < -0.3 is 48.3 Å². The van der Waals surface area contributed by atoms with Gasteiger partial charge in [-0.2, -0.15) is 0 Å². The number of aliphatic carboxylic acids is 1. The average molecular weight is 637 g/mol. The number of nitrogens with zero attached hydrogens (tertiary/aromatic N) is 1. The molecular formula is C32H44N8O6. The zero-order valence-electron chi connectivity index (χ0n) is 26.0. The highest BCUT2D eigenvalue weighted by molar-refractivity contribution is 5.94. The van der Waals surface area contributed by atoms with Crippen molar-refractivity contribution < 1.29 is 29.4 Å². The molecule has 1 aromatic heterocycles. The molecule has 1 heterocycles. The Hall–Kier alpha value is -5.11. The lowest BCUT2D eigenvalue weighted by atomic mass is 9.96. The SMILES string of the molecule is CCC(C)C(NC(=O)C(N)CCCN=C(N)N)C(=O)NC(Cc1ccc(O)cc1)C(=O)NC(Cc1c[nH]c2ccccc12)C(=O)O. The number of carbonyl (C=O) groups is 4. The lowest BCUT2D eigenvalue weighted by Crippen LogP contribution is -2.59. The van der Waals surface area contributed by atoms with Crippen LogP contribution in [0, 0.1) is 5.92 Å². The van der Waals surface area contributed by atoms with Gasteiger partial charge in [-0.1, -0.05) is 50.6 Å². The van der Waals surface area contributed by atoms with Gasteiger partial charge in [0.15, 0.2) is 5.96 Å². The number of phenols is 1. The van der Waals surface area contributed by atoms with Crippen LogP contribution in [0.5, 0.6) is 5.75 Å². The molecule has 0 saturated heterocycles. The van der Waals surface area contributed by atoms with E-state index in [0.29, 0.717) is 30.5 Å². The molecule has 3 rings (SSSR count). The van der Waals surface area contributed by atoms with Crippen molar-refractivity contribution in [1.29, 1.82) is 0 Å². The van der Waals surface area contributed by atoms with Gasteiger partial charge in [-0.05, 0) is 48.1 Å². The Morgan fingerprint density at radius 3 is 2.24 bits per heavy atom. The lowest BCUT2D eigenvalue weighted by Gasteiger charge is -2.28. The third-order valence-electron chi connectivity index (χ3n) is 7.82. The van der Waals surface area contributed by atoms with E-state index in [1.54, 1.807) is 25.3 Å². The molecule has 0 aliphatic heterocycles. The molecule has 14 heteroatoms. The van der Waals surface area contributed by atoms with Gasteiger partial charge in [0, 0.05) is 36.5 Å². The molecule has 0 aliphatic rings. The minimum Gasteiger partial charge on any atom is -0.508 e. The maximum atomic E-state index is 13.7. The molecule has 3 amide bonds. The molecule has 46 heavy (non-hydrogen) atoms. The number of phenolic OH excluding ortho intramolecular Hbond substituents is 1. The minimum absolute atomic E-state index is 0.00239. The first kappa shape index (κ1) is 35.4. The molecule has 0 spiro atoms. The van der Waals surface area contributed by atoms with Gasteiger partial charge in [0.2, 0.25) is 17.7 Å². The number of hydrogen-bond acceptors (Lipinski definition) is 7. The fourth-order valence-electron chi connectivity index (χ4n) is 4.94. The summed E-state index contributed by atoms with van der Waals surface area (Å²) in [6, 6.07) is 9.03. The number of hydrogen-bond donors (Lipinski definition) is 9. The zero-order valence-corrected chi connectivity index (χ0v) is 26.0. The monoisotopic (exact) mass is 636 g/mol. The molecule has 12 N–H and O–H groups in total. The van der Waals surface area contributed by atoms with Crippen LogP contribution in [0.15, 0.2) is 59.7 Å². The Bertz CT molecular complexity index is 1520. The summed E-state index contributed by atoms with van der Waals surface area (Å²) in [5.74, 6) is -3.51. The molecule has 248 valence electrons. The predicted molar refractivity (Wildman–Crippen MR) is 175 cm³/mol. The second-order valence-corrected chi connectivity index (χ2v) is 11.3. The number of guanidine groups is 1. The van der Waals surface area contributed by atoms with Crippen LogP contribution >= 0.6 is 0 Å². The number of H-pyrrole nitrogens is 1. The van der Waals surface area contributed by atoms with Crippen LogP contribution in [0.3, 0.4) is 0 Å². The third kappa shape index (κ3) is 10.2. The minimum atomic E-state index is -1.30. The number of nitrogens with one attached hydrogen (secondary N) is 4. The average Bonchev–Trinajstić information content (AvgIpc) is 3.44. The smallest absolute Gasteiger partial charge is 0.326 e. The van der Waals surface area contributed by atoms with Gasteiger partial charge in [-0.25, -0.2) is 4.79 Å². The fraction of sp³-hybridized carbons (Fsp3) is 0.406. The highest BCUT2D eigenvalue weighted by Gasteiger charge is 2.33. The highest BCUT2D eigenvalue weighted by Crippen LogP contribution is 2.20. The first-order chi connectivity index (χ1) is 21.9. The van der Waals surface area contributed by atoms with E-state index < -0.39 is 47.9 Å². The second-order valence-electron chi connectivity index (χ2n) is 11.3. The van der Waals surface area contributed by atoms with E-state index in [4.69, 9.17) is 17.2 Å². The number of nitrogens with two attached hydrogens (primary N) is 3. The molecule has 0 saturated carbocycles. The van der Waals surface area contributed by atoms with E-state index >= 15 is 0 Å². The molecule has 14 nitrogen and oxygen atoms in total.